The van der Waals surface area contributed by atoms with Crippen LogP contribution in [0, 0.1) is 5.82 Å². The van der Waals surface area contributed by atoms with Crippen molar-refractivity contribution in [2.45, 2.75) is 30.2 Å². The largest absolute Gasteiger partial charge is 0.476 e. The number of ether oxygens (including phenoxy) is 1. The van der Waals surface area contributed by atoms with Crippen LogP contribution in [-0.4, -0.2) is 46.7 Å². The number of sulfone groups is 1. The predicted octanol–water partition coefficient (Wildman–Crippen LogP) is 3.49. The zero-order valence-corrected chi connectivity index (χ0v) is 16.7. The fourth-order valence-corrected chi connectivity index (χ4v) is 6.27. The topological polar surface area (TPSA) is 95.2 Å². The van der Waals surface area contributed by atoms with Crippen molar-refractivity contribution in [2.24, 2.45) is 0 Å². The third-order valence-corrected chi connectivity index (χ3v) is 7.29. The summed E-state index contributed by atoms with van der Waals surface area (Å²) in [6, 6.07) is 5.92. The van der Waals surface area contributed by atoms with Crippen LogP contribution >= 0.6 is 11.8 Å². The highest BCUT2D eigenvalue weighted by molar-refractivity contribution is 8.01. The summed E-state index contributed by atoms with van der Waals surface area (Å²) in [5.41, 5.74) is 1.07. The third kappa shape index (κ3) is 4.12. The molecule has 0 aliphatic carbocycles. The van der Waals surface area contributed by atoms with E-state index in [0.717, 1.165) is 6.42 Å². The first-order valence-electron chi connectivity index (χ1n) is 8.88. The fourth-order valence-electron chi connectivity index (χ4n) is 2.88. The van der Waals surface area contributed by atoms with E-state index in [4.69, 9.17) is 9.15 Å². The number of benzene rings is 1. The maximum absolute atomic E-state index is 13.5. The second kappa shape index (κ2) is 7.67. The van der Waals surface area contributed by atoms with Crippen molar-refractivity contribution in [2.75, 3.05) is 18.1 Å². The lowest BCUT2D eigenvalue weighted by Gasteiger charge is -2.08. The van der Waals surface area contributed by atoms with Crippen LogP contribution in [0.1, 0.15) is 19.8 Å². The van der Waals surface area contributed by atoms with Gasteiger partial charge in [-0.05, 0) is 31.0 Å². The molecular weight excluding hydrogens is 405 g/mol. The Kier molecular flexibility index (Phi) is 5.24. The summed E-state index contributed by atoms with van der Waals surface area (Å²) in [5.74, 6) is 0.386. The van der Waals surface area contributed by atoms with Crippen LogP contribution in [0.2, 0.25) is 0 Å². The Morgan fingerprint density at radius 3 is 2.89 bits per heavy atom. The van der Waals surface area contributed by atoms with Crippen molar-refractivity contribution >= 4 is 32.8 Å². The molecule has 1 aliphatic heterocycles. The number of oxazole rings is 1. The molecule has 1 saturated heterocycles. The Balaban J connectivity index is 1.71. The minimum atomic E-state index is -3.00. The molecule has 1 fully saturated rings. The molecule has 1 unspecified atom stereocenters. The van der Waals surface area contributed by atoms with Gasteiger partial charge in [0, 0.05) is 10.8 Å². The van der Waals surface area contributed by atoms with Crippen molar-refractivity contribution < 1.29 is 22.0 Å². The first kappa shape index (κ1) is 19.1. The number of hydrogen-bond donors (Lipinski definition) is 0. The van der Waals surface area contributed by atoms with Crippen LogP contribution in [0.3, 0.4) is 0 Å². The summed E-state index contributed by atoms with van der Waals surface area (Å²) in [7, 11) is -3.00. The van der Waals surface area contributed by atoms with Crippen molar-refractivity contribution in [1.82, 2.24) is 15.0 Å². The van der Waals surface area contributed by atoms with Gasteiger partial charge in [0.1, 0.15) is 5.82 Å². The molecule has 0 saturated carbocycles. The Labute approximate surface area is 165 Å². The molecule has 10 heteroatoms. The Hall–Kier alpha value is -2.20. The molecule has 0 bridgehead atoms. The molecule has 2 aromatic heterocycles. The number of nitrogens with zero attached hydrogens (tertiary/aromatic N) is 3. The van der Waals surface area contributed by atoms with Gasteiger partial charge in [-0.15, -0.1) is 0 Å². The minimum Gasteiger partial charge on any atom is -0.476 e. The van der Waals surface area contributed by atoms with E-state index in [1.165, 1.54) is 23.9 Å². The molecule has 0 N–H and O–H groups in total. The number of aromatic nitrogens is 3. The minimum absolute atomic E-state index is 0.105. The standard InChI is InChI=1S/C18H18FN3O4S2/c1-2-7-25-16-14-17(26-15(20-14)11-4-3-5-12(19)9-11)22-18(21-16)27-13-6-8-28(23,24)10-13/h3-5,9,13H,2,6-8,10H2,1H3. The van der Waals surface area contributed by atoms with Crippen LogP contribution in [0.25, 0.3) is 22.7 Å². The average Bonchev–Trinajstić information content (AvgIpc) is 3.22. The van der Waals surface area contributed by atoms with Gasteiger partial charge in [0.2, 0.25) is 11.8 Å². The fraction of sp³-hybridized carbons (Fsp3) is 0.389. The van der Waals surface area contributed by atoms with Gasteiger partial charge in [0.25, 0.3) is 5.71 Å². The second-order valence-electron chi connectivity index (χ2n) is 6.49. The Bertz CT molecular complexity index is 1120. The van der Waals surface area contributed by atoms with Crippen LogP contribution in [0.4, 0.5) is 4.39 Å². The molecule has 7 nitrogen and oxygen atoms in total. The molecule has 148 valence electrons. The lowest BCUT2D eigenvalue weighted by Crippen LogP contribution is -2.07. The second-order valence-corrected chi connectivity index (χ2v) is 9.98. The monoisotopic (exact) mass is 423 g/mol. The molecule has 0 radical (unpaired) electrons. The average molecular weight is 423 g/mol. The zero-order chi connectivity index (χ0) is 19.7. The van der Waals surface area contributed by atoms with E-state index in [2.05, 4.69) is 15.0 Å². The lowest BCUT2D eigenvalue weighted by molar-refractivity contribution is 0.305. The van der Waals surface area contributed by atoms with Gasteiger partial charge < -0.3 is 9.15 Å². The van der Waals surface area contributed by atoms with Gasteiger partial charge in [0.05, 0.1) is 18.1 Å². The summed E-state index contributed by atoms with van der Waals surface area (Å²) in [4.78, 5) is 13.2. The SMILES string of the molecule is CCCOc1nc(SC2CCS(=O)(=O)C2)nc2oc(-c3cccc(F)c3)nc12. The Morgan fingerprint density at radius 2 is 2.18 bits per heavy atom. The zero-order valence-electron chi connectivity index (χ0n) is 15.1. The van der Waals surface area contributed by atoms with Gasteiger partial charge in [-0.25, -0.2) is 17.8 Å². The van der Waals surface area contributed by atoms with Crippen LogP contribution in [-0.2, 0) is 9.84 Å². The van der Waals surface area contributed by atoms with Gasteiger partial charge in [-0.2, -0.15) is 9.97 Å². The van der Waals surface area contributed by atoms with E-state index in [1.54, 1.807) is 12.1 Å². The summed E-state index contributed by atoms with van der Waals surface area (Å²) in [5, 5.41) is 0.273. The van der Waals surface area contributed by atoms with Crippen LogP contribution < -0.4 is 4.74 Å². The van der Waals surface area contributed by atoms with Gasteiger partial charge in [-0.3, -0.25) is 0 Å². The third-order valence-electron chi connectivity index (χ3n) is 4.18. The summed E-state index contributed by atoms with van der Waals surface area (Å²) in [6.45, 7) is 2.41. The van der Waals surface area contributed by atoms with Gasteiger partial charge in [0.15, 0.2) is 20.5 Å². The molecule has 0 amide bonds. The van der Waals surface area contributed by atoms with Crippen LogP contribution in [0.5, 0.6) is 5.88 Å². The predicted molar refractivity (Wildman–Crippen MR) is 104 cm³/mol. The first-order chi connectivity index (χ1) is 13.4. The molecule has 1 atom stereocenters. The van der Waals surface area contributed by atoms with E-state index >= 15 is 0 Å². The molecule has 0 spiro atoms. The van der Waals surface area contributed by atoms with Crippen LogP contribution in [0.15, 0.2) is 33.8 Å². The lowest BCUT2D eigenvalue weighted by atomic mass is 10.2. The summed E-state index contributed by atoms with van der Waals surface area (Å²) in [6.07, 6.45) is 1.34. The highest BCUT2D eigenvalue weighted by atomic mass is 32.2. The van der Waals surface area contributed by atoms with Gasteiger partial charge in [-0.1, -0.05) is 24.8 Å². The number of hydrogen-bond acceptors (Lipinski definition) is 8. The highest BCUT2D eigenvalue weighted by Gasteiger charge is 2.30. The van der Waals surface area contributed by atoms with E-state index in [-0.39, 0.29) is 34.2 Å². The molecule has 1 aromatic carbocycles. The number of fused-ring (bicyclic) bond motifs is 1. The van der Waals surface area contributed by atoms with Gasteiger partial charge >= 0.3 is 0 Å². The normalized spacial score (nSPS) is 18.6. The Morgan fingerprint density at radius 1 is 1.32 bits per heavy atom. The maximum Gasteiger partial charge on any atom is 0.255 e. The molecule has 1 aliphatic rings. The molecule has 3 heterocycles. The van der Waals surface area contributed by atoms with Crippen molar-refractivity contribution in [3.8, 4) is 17.3 Å². The molecule has 3 aromatic rings. The van der Waals surface area contributed by atoms with E-state index in [0.29, 0.717) is 29.3 Å². The summed E-state index contributed by atoms with van der Waals surface area (Å²) < 4.78 is 48.4. The van der Waals surface area contributed by atoms with Crippen molar-refractivity contribution in [1.29, 1.82) is 0 Å². The maximum atomic E-state index is 13.5. The number of halogens is 1. The van der Waals surface area contributed by atoms with Crippen molar-refractivity contribution in [3.63, 3.8) is 0 Å². The number of thioether (sulfide) groups is 1. The number of rotatable bonds is 6. The molecule has 28 heavy (non-hydrogen) atoms. The highest BCUT2D eigenvalue weighted by Crippen LogP contribution is 2.34. The van der Waals surface area contributed by atoms with E-state index < -0.39 is 15.7 Å². The van der Waals surface area contributed by atoms with E-state index in [1.807, 2.05) is 6.92 Å². The first-order valence-corrected chi connectivity index (χ1v) is 11.6. The molecule has 4 rings (SSSR count). The molecular formula is C18H18FN3O4S2. The van der Waals surface area contributed by atoms with E-state index in [9.17, 15) is 12.8 Å². The smallest absolute Gasteiger partial charge is 0.255 e. The quantitative estimate of drug-likeness (QED) is 0.556. The summed E-state index contributed by atoms with van der Waals surface area (Å²) >= 11 is 1.29. The van der Waals surface area contributed by atoms with Crippen molar-refractivity contribution in [3.05, 3.63) is 30.1 Å².